The molecular formula is C8H6BrIO3. The Kier molecular flexibility index (Phi) is 3.69. The molecule has 0 saturated heterocycles. The highest BCUT2D eigenvalue weighted by Gasteiger charge is 2.18. The minimum atomic E-state index is -1.47. The molecule has 0 aliphatic heterocycles. The number of rotatable bonds is 2. The van der Waals surface area contributed by atoms with E-state index in [0.29, 0.717) is 10.0 Å². The van der Waals surface area contributed by atoms with Crippen LogP contribution in [0.4, 0.5) is 0 Å². The summed E-state index contributed by atoms with van der Waals surface area (Å²) in [5, 5.41) is 17.8. The van der Waals surface area contributed by atoms with Crippen LogP contribution >= 0.6 is 38.5 Å². The lowest BCUT2D eigenvalue weighted by atomic mass is 10.1. The summed E-state index contributed by atoms with van der Waals surface area (Å²) < 4.78 is 1.49. The van der Waals surface area contributed by atoms with Crippen molar-refractivity contribution in [2.24, 2.45) is 0 Å². The summed E-state index contributed by atoms with van der Waals surface area (Å²) >= 11 is 5.23. The van der Waals surface area contributed by atoms with E-state index in [1.807, 2.05) is 6.07 Å². The second-order valence-corrected chi connectivity index (χ2v) is 4.51. The Bertz CT molecular complexity index is 340. The quantitative estimate of drug-likeness (QED) is 0.798. The van der Waals surface area contributed by atoms with Gasteiger partial charge in [-0.2, -0.15) is 0 Å². The van der Waals surface area contributed by atoms with Gasteiger partial charge in [0.1, 0.15) is 0 Å². The van der Waals surface area contributed by atoms with Crippen LogP contribution in [0.2, 0.25) is 0 Å². The van der Waals surface area contributed by atoms with Crippen LogP contribution in [0.5, 0.6) is 0 Å². The van der Waals surface area contributed by atoms with E-state index < -0.39 is 12.1 Å². The van der Waals surface area contributed by atoms with Gasteiger partial charge in [0.2, 0.25) is 0 Å². The average molecular weight is 357 g/mol. The zero-order valence-corrected chi connectivity index (χ0v) is 10.1. The lowest BCUT2D eigenvalue weighted by Crippen LogP contribution is -2.11. The molecule has 0 aliphatic carbocycles. The van der Waals surface area contributed by atoms with Crippen molar-refractivity contribution in [1.82, 2.24) is 0 Å². The predicted octanol–water partition coefficient (Wildman–Crippen LogP) is 2.17. The van der Waals surface area contributed by atoms with Crippen LogP contribution in [0.15, 0.2) is 22.7 Å². The summed E-state index contributed by atoms with van der Waals surface area (Å²) in [4.78, 5) is 10.5. The van der Waals surface area contributed by atoms with Gasteiger partial charge in [0.15, 0.2) is 6.10 Å². The molecule has 1 aromatic rings. The van der Waals surface area contributed by atoms with Crippen LogP contribution in [-0.2, 0) is 4.79 Å². The number of benzene rings is 1. The van der Waals surface area contributed by atoms with E-state index in [4.69, 9.17) is 5.11 Å². The molecule has 0 bridgehead atoms. The molecule has 0 aliphatic rings. The predicted molar refractivity (Wildman–Crippen MR) is 59.5 cm³/mol. The molecule has 0 saturated carbocycles. The highest BCUT2D eigenvalue weighted by Crippen LogP contribution is 2.25. The third kappa shape index (κ3) is 2.65. The third-order valence-electron chi connectivity index (χ3n) is 1.49. The summed E-state index contributed by atoms with van der Waals surface area (Å²) in [5.74, 6) is -1.25. The highest BCUT2D eigenvalue weighted by atomic mass is 127. The van der Waals surface area contributed by atoms with Gasteiger partial charge >= 0.3 is 5.97 Å². The third-order valence-corrected chi connectivity index (χ3v) is 2.88. The maximum atomic E-state index is 10.5. The first-order valence-corrected chi connectivity index (χ1v) is 5.25. The van der Waals surface area contributed by atoms with Gasteiger partial charge in [-0.05, 0) is 40.8 Å². The first-order valence-electron chi connectivity index (χ1n) is 3.38. The maximum absolute atomic E-state index is 10.5. The summed E-state index contributed by atoms with van der Waals surface area (Å²) in [7, 11) is 0. The molecule has 13 heavy (non-hydrogen) atoms. The fraction of sp³-hybridized carbons (Fsp3) is 0.125. The van der Waals surface area contributed by atoms with Crippen molar-refractivity contribution in [3.05, 3.63) is 31.8 Å². The summed E-state index contributed by atoms with van der Waals surface area (Å²) in [6.45, 7) is 0. The van der Waals surface area contributed by atoms with Crippen LogP contribution in [-0.4, -0.2) is 16.2 Å². The normalized spacial score (nSPS) is 12.5. The molecule has 1 unspecified atom stereocenters. The molecule has 1 atom stereocenters. The van der Waals surface area contributed by atoms with Gasteiger partial charge in [0.05, 0.1) is 0 Å². The lowest BCUT2D eigenvalue weighted by molar-refractivity contribution is -0.147. The highest BCUT2D eigenvalue weighted by molar-refractivity contribution is 14.1. The van der Waals surface area contributed by atoms with Crippen LogP contribution in [0, 0.1) is 3.57 Å². The molecule has 2 N–H and O–H groups in total. The Morgan fingerprint density at radius 3 is 2.69 bits per heavy atom. The van der Waals surface area contributed by atoms with Gasteiger partial charge < -0.3 is 10.2 Å². The molecule has 0 fully saturated rings. The summed E-state index contributed by atoms with van der Waals surface area (Å²) in [6.07, 6.45) is -1.47. The van der Waals surface area contributed by atoms with Crippen molar-refractivity contribution in [2.45, 2.75) is 6.10 Å². The monoisotopic (exact) mass is 356 g/mol. The van der Waals surface area contributed by atoms with Crippen molar-refractivity contribution >= 4 is 44.5 Å². The van der Waals surface area contributed by atoms with Gasteiger partial charge in [0, 0.05) is 13.6 Å². The fourth-order valence-electron chi connectivity index (χ4n) is 0.857. The van der Waals surface area contributed by atoms with E-state index in [2.05, 4.69) is 38.5 Å². The standard InChI is InChI=1S/C8H6BrIO3/c9-6-2-1-4(10)3-5(6)7(11)8(12)13/h1-3,7,11H,(H,12,13). The zero-order valence-electron chi connectivity index (χ0n) is 6.37. The van der Waals surface area contributed by atoms with Crippen LogP contribution in [0.1, 0.15) is 11.7 Å². The topological polar surface area (TPSA) is 57.5 Å². The molecule has 3 nitrogen and oxygen atoms in total. The van der Waals surface area contributed by atoms with Gasteiger partial charge in [-0.1, -0.05) is 15.9 Å². The van der Waals surface area contributed by atoms with Crippen LogP contribution in [0.3, 0.4) is 0 Å². The largest absolute Gasteiger partial charge is 0.479 e. The summed E-state index contributed by atoms with van der Waals surface area (Å²) in [5.41, 5.74) is 0.374. The number of hydrogen-bond acceptors (Lipinski definition) is 2. The van der Waals surface area contributed by atoms with Gasteiger partial charge in [-0.15, -0.1) is 0 Å². The Morgan fingerprint density at radius 2 is 2.15 bits per heavy atom. The van der Waals surface area contributed by atoms with E-state index >= 15 is 0 Å². The maximum Gasteiger partial charge on any atom is 0.337 e. The zero-order chi connectivity index (χ0) is 10.0. The molecule has 1 aromatic carbocycles. The first kappa shape index (κ1) is 10.9. The molecule has 0 heterocycles. The Hall–Kier alpha value is -0.140. The second-order valence-electron chi connectivity index (χ2n) is 2.41. The number of carboxylic acids is 1. The number of halogens is 2. The van der Waals surface area contributed by atoms with Gasteiger partial charge in [-0.25, -0.2) is 4.79 Å². The molecule has 70 valence electrons. The average Bonchev–Trinajstić information content (AvgIpc) is 2.08. The minimum Gasteiger partial charge on any atom is -0.479 e. The molecule has 0 radical (unpaired) electrons. The van der Waals surface area contributed by atoms with Gasteiger partial charge in [0.25, 0.3) is 0 Å². The van der Waals surface area contributed by atoms with E-state index in [0.717, 1.165) is 3.57 Å². The minimum absolute atomic E-state index is 0.374. The Balaban J connectivity index is 3.12. The van der Waals surface area contributed by atoms with Crippen molar-refractivity contribution < 1.29 is 15.0 Å². The molecular weight excluding hydrogens is 351 g/mol. The number of aliphatic carboxylic acids is 1. The van der Waals surface area contributed by atoms with E-state index in [1.54, 1.807) is 12.1 Å². The smallest absolute Gasteiger partial charge is 0.337 e. The second kappa shape index (κ2) is 4.39. The van der Waals surface area contributed by atoms with E-state index in [1.165, 1.54) is 0 Å². The number of carboxylic acid groups (broad SMARTS) is 1. The van der Waals surface area contributed by atoms with Gasteiger partial charge in [-0.3, -0.25) is 0 Å². The number of hydrogen-bond donors (Lipinski definition) is 2. The molecule has 0 aromatic heterocycles. The fourth-order valence-corrected chi connectivity index (χ4v) is 1.84. The number of carbonyl (C=O) groups is 1. The molecule has 5 heteroatoms. The Morgan fingerprint density at radius 1 is 1.54 bits per heavy atom. The van der Waals surface area contributed by atoms with Crippen molar-refractivity contribution in [1.29, 1.82) is 0 Å². The lowest BCUT2D eigenvalue weighted by Gasteiger charge is -2.08. The Labute approximate surface area is 97.0 Å². The molecule has 0 amide bonds. The van der Waals surface area contributed by atoms with Crippen LogP contribution in [0.25, 0.3) is 0 Å². The van der Waals surface area contributed by atoms with Crippen molar-refractivity contribution in [2.75, 3.05) is 0 Å². The first-order chi connectivity index (χ1) is 6.02. The SMILES string of the molecule is O=C(O)C(O)c1cc(I)ccc1Br. The summed E-state index contributed by atoms with van der Waals surface area (Å²) in [6, 6.07) is 5.16. The van der Waals surface area contributed by atoms with Crippen molar-refractivity contribution in [3.8, 4) is 0 Å². The number of aliphatic hydroxyl groups is 1. The molecule has 0 spiro atoms. The van der Waals surface area contributed by atoms with Crippen molar-refractivity contribution in [3.63, 3.8) is 0 Å². The van der Waals surface area contributed by atoms with Crippen LogP contribution < -0.4 is 0 Å². The van der Waals surface area contributed by atoms with E-state index in [9.17, 15) is 9.90 Å². The van der Waals surface area contributed by atoms with E-state index in [-0.39, 0.29) is 0 Å². The molecule has 1 rings (SSSR count). The number of aliphatic hydroxyl groups excluding tert-OH is 1.